The van der Waals surface area contributed by atoms with Crippen molar-refractivity contribution in [2.75, 3.05) is 0 Å². The standard InChI is InChI=1S/C8H8ClFO/c1-5-3-6(2)8(9)7(4-5)11-10/h3-4H,1-2H3. The molecular formula is C8H8ClFO. The van der Waals surface area contributed by atoms with Crippen molar-refractivity contribution >= 4 is 11.6 Å². The number of benzene rings is 1. The van der Waals surface area contributed by atoms with Crippen LogP contribution >= 0.6 is 11.6 Å². The predicted octanol–water partition coefficient (Wildman–Crippen LogP) is 3.22. The Morgan fingerprint density at radius 2 is 2.00 bits per heavy atom. The number of hydrogen-bond acceptors (Lipinski definition) is 1. The lowest BCUT2D eigenvalue weighted by Crippen LogP contribution is -1.84. The van der Waals surface area contributed by atoms with Gasteiger partial charge in [-0.1, -0.05) is 17.7 Å². The maximum Gasteiger partial charge on any atom is 0.190 e. The zero-order valence-corrected chi connectivity index (χ0v) is 7.07. The fraction of sp³-hybridized carbons (Fsp3) is 0.250. The van der Waals surface area contributed by atoms with Crippen molar-refractivity contribution in [2.45, 2.75) is 13.8 Å². The summed E-state index contributed by atoms with van der Waals surface area (Å²) >= 11 is 5.70. The van der Waals surface area contributed by atoms with Crippen molar-refractivity contribution in [2.24, 2.45) is 0 Å². The van der Waals surface area contributed by atoms with Crippen LogP contribution in [0.2, 0.25) is 5.02 Å². The van der Waals surface area contributed by atoms with Crippen LogP contribution in [0.5, 0.6) is 5.75 Å². The van der Waals surface area contributed by atoms with Gasteiger partial charge in [-0.15, -0.1) is 0 Å². The Morgan fingerprint density at radius 3 is 2.55 bits per heavy atom. The number of halogens is 2. The predicted molar refractivity (Wildman–Crippen MR) is 42.7 cm³/mol. The quantitative estimate of drug-likeness (QED) is 0.635. The first-order valence-electron chi connectivity index (χ1n) is 3.20. The highest BCUT2D eigenvalue weighted by Gasteiger charge is 2.05. The molecule has 0 radical (unpaired) electrons. The molecule has 0 aliphatic rings. The average Bonchev–Trinajstić information content (AvgIpc) is 1.96. The molecule has 0 fully saturated rings. The molecule has 0 amide bonds. The van der Waals surface area contributed by atoms with Gasteiger partial charge in [-0.2, -0.15) is 0 Å². The molecule has 0 saturated heterocycles. The minimum Gasteiger partial charge on any atom is -0.293 e. The first kappa shape index (κ1) is 8.34. The fourth-order valence-corrected chi connectivity index (χ4v) is 1.11. The third-order valence-corrected chi connectivity index (χ3v) is 1.93. The highest BCUT2D eigenvalue weighted by Crippen LogP contribution is 2.29. The zero-order chi connectivity index (χ0) is 8.43. The van der Waals surface area contributed by atoms with Crippen LogP contribution in [0.15, 0.2) is 12.1 Å². The number of hydrogen-bond donors (Lipinski definition) is 0. The van der Waals surface area contributed by atoms with Crippen molar-refractivity contribution in [1.29, 1.82) is 0 Å². The Morgan fingerprint density at radius 1 is 1.36 bits per heavy atom. The van der Waals surface area contributed by atoms with Crippen molar-refractivity contribution in [1.82, 2.24) is 0 Å². The minimum absolute atomic E-state index is 0.0872. The molecule has 0 aliphatic carbocycles. The molecule has 3 heteroatoms. The largest absolute Gasteiger partial charge is 0.293 e. The molecule has 0 N–H and O–H groups in total. The first-order valence-corrected chi connectivity index (χ1v) is 3.58. The van der Waals surface area contributed by atoms with Crippen molar-refractivity contribution in [3.05, 3.63) is 28.3 Å². The molecule has 1 aromatic carbocycles. The van der Waals surface area contributed by atoms with E-state index < -0.39 is 0 Å². The third-order valence-electron chi connectivity index (χ3n) is 1.45. The Labute approximate surface area is 69.6 Å². The van der Waals surface area contributed by atoms with Gasteiger partial charge in [0, 0.05) is 4.53 Å². The van der Waals surface area contributed by atoms with E-state index in [4.69, 9.17) is 11.6 Å². The SMILES string of the molecule is Cc1cc(C)c(Cl)c(OF)c1. The second-order valence-electron chi connectivity index (χ2n) is 2.47. The van der Waals surface area contributed by atoms with Gasteiger partial charge in [-0.25, -0.2) is 0 Å². The summed E-state index contributed by atoms with van der Waals surface area (Å²) < 4.78 is 11.8. The van der Waals surface area contributed by atoms with Crippen LogP contribution in [0.4, 0.5) is 4.53 Å². The number of rotatable bonds is 1. The zero-order valence-electron chi connectivity index (χ0n) is 6.32. The molecule has 0 aliphatic heterocycles. The summed E-state index contributed by atoms with van der Waals surface area (Å²) in [6.07, 6.45) is 0. The van der Waals surface area contributed by atoms with E-state index in [0.717, 1.165) is 11.1 Å². The molecule has 0 unspecified atom stereocenters. The maximum absolute atomic E-state index is 11.8. The van der Waals surface area contributed by atoms with Gasteiger partial charge in [0.1, 0.15) is 0 Å². The van der Waals surface area contributed by atoms with Gasteiger partial charge in [0.2, 0.25) is 0 Å². The summed E-state index contributed by atoms with van der Waals surface area (Å²) in [6, 6.07) is 3.42. The Balaban J connectivity index is 3.24. The molecule has 0 bridgehead atoms. The Kier molecular flexibility index (Phi) is 2.35. The summed E-state index contributed by atoms with van der Waals surface area (Å²) in [5.74, 6) is 0.0872. The summed E-state index contributed by atoms with van der Waals surface area (Å²) in [5, 5.41) is 0.332. The van der Waals surface area contributed by atoms with Crippen LogP contribution in [0.25, 0.3) is 0 Å². The monoisotopic (exact) mass is 174 g/mol. The Hall–Kier alpha value is -0.760. The molecule has 11 heavy (non-hydrogen) atoms. The van der Waals surface area contributed by atoms with E-state index in [0.29, 0.717) is 5.02 Å². The van der Waals surface area contributed by atoms with Gasteiger partial charge in [-0.05, 0) is 31.0 Å². The van der Waals surface area contributed by atoms with Gasteiger partial charge in [-0.3, -0.25) is 4.94 Å². The van der Waals surface area contributed by atoms with Crippen molar-refractivity contribution in [3.8, 4) is 5.75 Å². The first-order chi connectivity index (χ1) is 5.15. The van der Waals surface area contributed by atoms with Gasteiger partial charge in [0.05, 0.1) is 5.02 Å². The van der Waals surface area contributed by atoms with E-state index in [9.17, 15) is 4.53 Å². The average molecular weight is 175 g/mol. The molecular weight excluding hydrogens is 167 g/mol. The van der Waals surface area contributed by atoms with E-state index in [1.807, 2.05) is 13.0 Å². The highest BCUT2D eigenvalue weighted by atomic mass is 35.5. The van der Waals surface area contributed by atoms with Crippen LogP contribution < -0.4 is 4.94 Å². The topological polar surface area (TPSA) is 9.23 Å². The van der Waals surface area contributed by atoms with Crippen LogP contribution in [0.3, 0.4) is 0 Å². The van der Waals surface area contributed by atoms with E-state index in [2.05, 4.69) is 4.94 Å². The van der Waals surface area contributed by atoms with E-state index in [1.165, 1.54) is 0 Å². The third kappa shape index (κ3) is 1.63. The van der Waals surface area contributed by atoms with Crippen molar-refractivity contribution in [3.63, 3.8) is 0 Å². The summed E-state index contributed by atoms with van der Waals surface area (Å²) in [5.41, 5.74) is 1.75. The van der Waals surface area contributed by atoms with Crippen LogP contribution in [-0.2, 0) is 0 Å². The normalized spacial score (nSPS) is 9.82. The molecule has 0 atom stereocenters. The Bertz CT molecular complexity index is 273. The van der Waals surface area contributed by atoms with Crippen molar-refractivity contribution < 1.29 is 9.47 Å². The molecule has 1 nitrogen and oxygen atoms in total. The lowest BCUT2D eigenvalue weighted by molar-refractivity contribution is -0.00619. The van der Waals surface area contributed by atoms with E-state index >= 15 is 0 Å². The van der Waals surface area contributed by atoms with Gasteiger partial charge >= 0.3 is 0 Å². The van der Waals surface area contributed by atoms with Crippen LogP contribution in [-0.4, -0.2) is 0 Å². The summed E-state index contributed by atoms with van der Waals surface area (Å²) in [4.78, 5) is 3.57. The van der Waals surface area contributed by atoms with Gasteiger partial charge < -0.3 is 0 Å². The van der Waals surface area contributed by atoms with E-state index in [-0.39, 0.29) is 5.75 Å². The minimum atomic E-state index is 0.0872. The van der Waals surface area contributed by atoms with E-state index in [1.54, 1.807) is 13.0 Å². The molecule has 0 heterocycles. The molecule has 0 spiro atoms. The second-order valence-corrected chi connectivity index (χ2v) is 2.85. The van der Waals surface area contributed by atoms with Gasteiger partial charge in [0.25, 0.3) is 0 Å². The van der Waals surface area contributed by atoms with Crippen LogP contribution in [0, 0.1) is 13.8 Å². The lowest BCUT2D eigenvalue weighted by atomic mass is 10.1. The fourth-order valence-electron chi connectivity index (χ4n) is 0.967. The number of aryl methyl sites for hydroxylation is 2. The molecule has 60 valence electrons. The second kappa shape index (κ2) is 3.09. The summed E-state index contributed by atoms with van der Waals surface area (Å²) in [6.45, 7) is 3.66. The molecule has 0 saturated carbocycles. The van der Waals surface area contributed by atoms with Gasteiger partial charge in [0.15, 0.2) is 5.75 Å². The smallest absolute Gasteiger partial charge is 0.190 e. The lowest BCUT2D eigenvalue weighted by Gasteiger charge is -2.02. The molecule has 1 rings (SSSR count). The molecule has 0 aromatic heterocycles. The summed E-state index contributed by atoms with van der Waals surface area (Å²) in [7, 11) is 0. The maximum atomic E-state index is 11.8. The van der Waals surface area contributed by atoms with Crippen LogP contribution in [0.1, 0.15) is 11.1 Å². The molecule has 1 aromatic rings. The highest BCUT2D eigenvalue weighted by molar-refractivity contribution is 6.32.